The molecule has 0 saturated heterocycles. The molecule has 1 amide bonds. The molecule has 0 aromatic heterocycles. The Morgan fingerprint density at radius 1 is 1.24 bits per heavy atom. The van der Waals surface area contributed by atoms with Crippen molar-refractivity contribution in [1.82, 2.24) is 0 Å². The molecule has 1 aliphatic heterocycles. The Morgan fingerprint density at radius 3 is 2.68 bits per heavy atom. The molecular weight excluding hydrogens is 416 g/mol. The zero-order valence-corrected chi connectivity index (χ0v) is 14.9. The quantitative estimate of drug-likeness (QED) is 0.743. The summed E-state index contributed by atoms with van der Waals surface area (Å²) in [5.74, 6) is -3.16. The highest BCUT2D eigenvalue weighted by Crippen LogP contribution is 2.43. The van der Waals surface area contributed by atoms with Crippen molar-refractivity contribution in [1.29, 1.82) is 0 Å². The molecule has 0 unspecified atom stereocenters. The van der Waals surface area contributed by atoms with Crippen molar-refractivity contribution in [2.45, 2.75) is 11.4 Å². The van der Waals surface area contributed by atoms with Crippen LogP contribution in [-0.4, -0.2) is 17.0 Å². The molecule has 0 spiro atoms. The van der Waals surface area contributed by atoms with Crippen LogP contribution in [0.3, 0.4) is 0 Å². The molecule has 4 nitrogen and oxygen atoms in total. The first kappa shape index (κ1) is 17.6. The van der Waals surface area contributed by atoms with Crippen molar-refractivity contribution >= 4 is 45.3 Å². The predicted molar refractivity (Wildman–Crippen MR) is 93.3 cm³/mol. The lowest BCUT2D eigenvalue weighted by Crippen LogP contribution is -2.35. The van der Waals surface area contributed by atoms with E-state index in [4.69, 9.17) is 5.11 Å². The van der Waals surface area contributed by atoms with Gasteiger partial charge in [-0.2, -0.15) is 0 Å². The highest BCUT2D eigenvalue weighted by Gasteiger charge is 2.32. The van der Waals surface area contributed by atoms with E-state index in [1.807, 2.05) is 0 Å². The van der Waals surface area contributed by atoms with Crippen LogP contribution in [0.25, 0.3) is 0 Å². The number of carbonyl (C=O) groups is 2. The Hall–Kier alpha value is -2.19. The highest BCUT2D eigenvalue weighted by molar-refractivity contribution is 9.10. The molecule has 1 aliphatic rings. The van der Waals surface area contributed by atoms with Crippen molar-refractivity contribution in [3.8, 4) is 0 Å². The Morgan fingerprint density at radius 2 is 2.00 bits per heavy atom. The van der Waals surface area contributed by atoms with E-state index in [0.29, 0.717) is 9.37 Å². The molecule has 25 heavy (non-hydrogen) atoms. The van der Waals surface area contributed by atoms with E-state index in [-0.39, 0.29) is 22.7 Å². The van der Waals surface area contributed by atoms with Gasteiger partial charge in [-0.05, 0) is 24.3 Å². The molecule has 1 heterocycles. The molecule has 1 N–H and O–H groups in total. The van der Waals surface area contributed by atoms with Gasteiger partial charge >= 0.3 is 5.97 Å². The zero-order valence-electron chi connectivity index (χ0n) is 12.5. The van der Waals surface area contributed by atoms with Crippen molar-refractivity contribution in [3.63, 3.8) is 0 Å². The molecule has 8 heteroatoms. The van der Waals surface area contributed by atoms with Crippen LogP contribution >= 0.6 is 27.7 Å². The van der Waals surface area contributed by atoms with Gasteiger partial charge in [0.1, 0.15) is 11.6 Å². The van der Waals surface area contributed by atoms with Crippen molar-refractivity contribution in [3.05, 3.63) is 69.0 Å². The van der Waals surface area contributed by atoms with E-state index in [0.717, 1.165) is 22.7 Å². The van der Waals surface area contributed by atoms with Gasteiger partial charge in [-0.25, -0.2) is 13.6 Å². The van der Waals surface area contributed by atoms with Gasteiger partial charge in [0, 0.05) is 21.0 Å². The molecule has 0 aliphatic carbocycles. The summed E-state index contributed by atoms with van der Waals surface area (Å²) in [5, 5.41) is 8.94. The topological polar surface area (TPSA) is 57.6 Å². The van der Waals surface area contributed by atoms with Crippen molar-refractivity contribution in [2.24, 2.45) is 0 Å². The standard InChI is InChI=1S/C17H10BrF2NO3S/c18-10-5-4-9(12(20)6-10)8-21-16-11(19)2-1-3-13(16)25-14(17(21)24)7-15(22)23/h1-7H,8H2,(H,22,23)/b14-7-. The third-order valence-corrected chi connectivity index (χ3v) is 5.05. The number of halogens is 3. The molecule has 0 fully saturated rings. The molecule has 0 atom stereocenters. The third-order valence-electron chi connectivity index (χ3n) is 3.49. The lowest BCUT2D eigenvalue weighted by molar-refractivity contribution is -0.131. The van der Waals surface area contributed by atoms with Crippen LogP contribution in [0.4, 0.5) is 14.5 Å². The summed E-state index contributed by atoms with van der Waals surface area (Å²) in [4.78, 5) is 25.0. The summed E-state index contributed by atoms with van der Waals surface area (Å²) in [6, 6.07) is 8.58. The molecule has 3 rings (SSSR count). The second kappa shape index (κ2) is 6.97. The fraction of sp³-hybridized carbons (Fsp3) is 0.0588. The number of hydrogen-bond acceptors (Lipinski definition) is 3. The first-order valence-electron chi connectivity index (χ1n) is 7.03. The summed E-state index contributed by atoms with van der Waals surface area (Å²) in [6.07, 6.45) is 0.770. The number of carboxylic acids is 1. The lowest BCUT2D eigenvalue weighted by atomic mass is 10.1. The lowest BCUT2D eigenvalue weighted by Gasteiger charge is -2.30. The zero-order chi connectivity index (χ0) is 18.1. The van der Waals surface area contributed by atoms with E-state index in [1.165, 1.54) is 24.3 Å². The number of hydrogen-bond donors (Lipinski definition) is 1. The Labute approximate surface area is 154 Å². The number of anilines is 1. The fourth-order valence-electron chi connectivity index (χ4n) is 2.41. The van der Waals surface area contributed by atoms with Crippen molar-refractivity contribution < 1.29 is 23.5 Å². The average Bonchev–Trinajstić information content (AvgIpc) is 2.53. The average molecular weight is 426 g/mol. The maximum Gasteiger partial charge on any atom is 0.329 e. The number of aliphatic carboxylic acids is 1. The summed E-state index contributed by atoms with van der Waals surface area (Å²) >= 11 is 4.03. The van der Waals surface area contributed by atoms with Gasteiger partial charge in [-0.1, -0.05) is 39.8 Å². The Kier molecular flexibility index (Phi) is 4.91. The number of benzene rings is 2. The SMILES string of the molecule is O=C(O)/C=C1\Sc2cccc(F)c2N(Cc2ccc(Br)cc2F)C1=O. The Balaban J connectivity index is 2.09. The van der Waals surface area contributed by atoms with Crippen LogP contribution in [0, 0.1) is 11.6 Å². The van der Waals surface area contributed by atoms with Crippen LogP contribution in [0.5, 0.6) is 0 Å². The highest BCUT2D eigenvalue weighted by atomic mass is 79.9. The first-order valence-corrected chi connectivity index (χ1v) is 8.64. The summed E-state index contributed by atoms with van der Waals surface area (Å²) < 4.78 is 29.0. The number of nitrogens with zero attached hydrogens (tertiary/aromatic N) is 1. The number of thioether (sulfide) groups is 1. The molecule has 0 radical (unpaired) electrons. The number of carbonyl (C=O) groups excluding carboxylic acids is 1. The van der Waals surface area contributed by atoms with Crippen molar-refractivity contribution in [2.75, 3.05) is 4.90 Å². The van der Waals surface area contributed by atoms with Gasteiger partial charge in [0.05, 0.1) is 17.1 Å². The minimum Gasteiger partial charge on any atom is -0.478 e. The van der Waals surface area contributed by atoms with E-state index < -0.39 is 23.5 Å². The van der Waals surface area contributed by atoms with E-state index in [9.17, 15) is 18.4 Å². The number of fused-ring (bicyclic) bond motifs is 1. The second-order valence-electron chi connectivity index (χ2n) is 5.16. The summed E-state index contributed by atoms with van der Waals surface area (Å²) in [6.45, 7) is -0.219. The van der Waals surface area contributed by atoms with Crippen LogP contribution in [0.2, 0.25) is 0 Å². The maximum atomic E-state index is 14.3. The number of para-hydroxylation sites is 1. The molecule has 0 saturated carbocycles. The van der Waals surface area contributed by atoms with Crippen LogP contribution in [0.1, 0.15) is 5.56 Å². The summed E-state index contributed by atoms with van der Waals surface area (Å²) in [7, 11) is 0. The van der Waals surface area contributed by atoms with Crippen LogP contribution < -0.4 is 4.90 Å². The Bertz CT molecular complexity index is 917. The van der Waals surface area contributed by atoms with E-state index >= 15 is 0 Å². The fourth-order valence-corrected chi connectivity index (χ4v) is 3.79. The first-order chi connectivity index (χ1) is 11.9. The minimum atomic E-state index is -1.29. The molecule has 2 aromatic carbocycles. The number of rotatable bonds is 3. The largest absolute Gasteiger partial charge is 0.478 e. The van der Waals surface area contributed by atoms with Gasteiger partial charge in [0.25, 0.3) is 5.91 Å². The van der Waals surface area contributed by atoms with Gasteiger partial charge in [0.2, 0.25) is 0 Å². The smallest absolute Gasteiger partial charge is 0.329 e. The normalized spacial score (nSPS) is 15.4. The van der Waals surface area contributed by atoms with Gasteiger partial charge in [-0.15, -0.1) is 0 Å². The molecular formula is C17H10BrF2NO3S. The number of amides is 1. The maximum absolute atomic E-state index is 14.3. The predicted octanol–water partition coefficient (Wildman–Crippen LogP) is 4.33. The van der Waals surface area contributed by atoms with Gasteiger partial charge in [-0.3, -0.25) is 9.69 Å². The molecule has 128 valence electrons. The van der Waals surface area contributed by atoms with E-state index in [1.54, 1.807) is 12.1 Å². The van der Waals surface area contributed by atoms with E-state index in [2.05, 4.69) is 15.9 Å². The second-order valence-corrected chi connectivity index (χ2v) is 7.16. The van der Waals surface area contributed by atoms with Crippen LogP contribution in [-0.2, 0) is 16.1 Å². The van der Waals surface area contributed by atoms with Gasteiger partial charge in [0.15, 0.2) is 0 Å². The monoisotopic (exact) mass is 425 g/mol. The third kappa shape index (κ3) is 3.59. The number of carboxylic acid groups (broad SMARTS) is 1. The minimum absolute atomic E-state index is 0.0161. The van der Waals surface area contributed by atoms with Gasteiger partial charge < -0.3 is 5.11 Å². The molecule has 0 bridgehead atoms. The molecule has 2 aromatic rings. The summed E-state index contributed by atoms with van der Waals surface area (Å²) in [5.41, 5.74) is 0.203. The van der Waals surface area contributed by atoms with Crippen LogP contribution in [0.15, 0.2) is 56.7 Å².